The average molecular weight is 258 g/mol. The second-order valence-electron chi connectivity index (χ2n) is 4.65. The summed E-state index contributed by atoms with van der Waals surface area (Å²) < 4.78 is 5.24. The molecule has 3 aromatic rings. The van der Waals surface area contributed by atoms with Gasteiger partial charge < -0.3 is 4.74 Å². The highest BCUT2D eigenvalue weighted by molar-refractivity contribution is 5.88. The van der Waals surface area contributed by atoms with Crippen LogP contribution in [0.25, 0.3) is 21.9 Å². The zero-order valence-corrected chi connectivity index (χ0v) is 11.3. The van der Waals surface area contributed by atoms with E-state index in [0.29, 0.717) is 0 Å². The van der Waals surface area contributed by atoms with Crippen molar-refractivity contribution < 1.29 is 4.74 Å². The van der Waals surface area contributed by atoms with Crippen molar-refractivity contribution in [1.29, 1.82) is 0 Å². The quantitative estimate of drug-likeness (QED) is 0.615. The van der Waals surface area contributed by atoms with Crippen molar-refractivity contribution in [3.8, 4) is 29.2 Å². The molecule has 0 aliphatic rings. The first-order valence-corrected chi connectivity index (χ1v) is 6.45. The van der Waals surface area contributed by atoms with Crippen LogP contribution in [-0.2, 0) is 0 Å². The molecule has 0 heterocycles. The van der Waals surface area contributed by atoms with E-state index in [-0.39, 0.29) is 0 Å². The van der Waals surface area contributed by atoms with Crippen LogP contribution < -0.4 is 4.74 Å². The van der Waals surface area contributed by atoms with E-state index in [9.17, 15) is 0 Å². The van der Waals surface area contributed by atoms with Crippen molar-refractivity contribution in [2.24, 2.45) is 0 Å². The van der Waals surface area contributed by atoms with Gasteiger partial charge in [0.15, 0.2) is 0 Å². The summed E-state index contributed by atoms with van der Waals surface area (Å²) in [6.45, 7) is 0. The van der Waals surface area contributed by atoms with E-state index >= 15 is 0 Å². The van der Waals surface area contributed by atoms with E-state index < -0.39 is 0 Å². The lowest BCUT2D eigenvalue weighted by Gasteiger charge is -2.06. The molecule has 96 valence electrons. The van der Waals surface area contributed by atoms with Crippen molar-refractivity contribution in [2.75, 3.05) is 7.11 Å². The molecule has 0 atom stereocenters. The molecule has 0 N–H and O–H groups in total. The smallest absolute Gasteiger partial charge is 0.119 e. The maximum atomic E-state index is 5.38. The summed E-state index contributed by atoms with van der Waals surface area (Å²) in [6, 6.07) is 20.6. The number of methoxy groups -OCH3 is 1. The minimum absolute atomic E-state index is 0.878. The number of hydrogen-bond donors (Lipinski definition) is 0. The van der Waals surface area contributed by atoms with Crippen LogP contribution in [0.5, 0.6) is 5.75 Å². The Balaban J connectivity index is 2.06. The fourth-order valence-electron chi connectivity index (χ4n) is 2.29. The molecular formula is C19H14O. The van der Waals surface area contributed by atoms with Crippen LogP contribution in [0.15, 0.2) is 60.7 Å². The van der Waals surface area contributed by atoms with Gasteiger partial charge in [0, 0.05) is 5.56 Å². The Kier molecular flexibility index (Phi) is 3.15. The summed E-state index contributed by atoms with van der Waals surface area (Å²) in [5, 5.41) is 2.37. The Bertz CT molecular complexity index is 792. The molecule has 0 saturated heterocycles. The molecule has 0 fully saturated rings. The fourth-order valence-corrected chi connectivity index (χ4v) is 2.29. The Labute approximate surface area is 118 Å². The lowest BCUT2D eigenvalue weighted by atomic mass is 10.0. The molecule has 0 amide bonds. The minimum atomic E-state index is 0.878. The first-order chi connectivity index (χ1) is 9.80. The highest BCUT2D eigenvalue weighted by atomic mass is 16.5. The third kappa shape index (κ3) is 2.24. The summed E-state index contributed by atoms with van der Waals surface area (Å²) in [5.41, 5.74) is 3.26. The average Bonchev–Trinajstić information content (AvgIpc) is 2.54. The van der Waals surface area contributed by atoms with Gasteiger partial charge in [0.2, 0.25) is 0 Å². The lowest BCUT2D eigenvalue weighted by molar-refractivity contribution is 0.415. The van der Waals surface area contributed by atoms with Gasteiger partial charge in [-0.15, -0.1) is 6.42 Å². The van der Waals surface area contributed by atoms with Crippen LogP contribution in [0, 0.1) is 12.3 Å². The second kappa shape index (κ2) is 5.11. The SMILES string of the molecule is C#Cc1ccc(-c2ccc3cc(OC)ccc3c2)cc1. The molecule has 3 aromatic carbocycles. The number of terminal acetylenes is 1. The van der Waals surface area contributed by atoms with Crippen LogP contribution in [0.1, 0.15) is 5.56 Å². The second-order valence-corrected chi connectivity index (χ2v) is 4.65. The highest BCUT2D eigenvalue weighted by Gasteiger charge is 2.01. The van der Waals surface area contributed by atoms with Crippen molar-refractivity contribution in [3.63, 3.8) is 0 Å². The zero-order valence-electron chi connectivity index (χ0n) is 11.3. The minimum Gasteiger partial charge on any atom is -0.497 e. The van der Waals surface area contributed by atoms with Crippen LogP contribution >= 0.6 is 0 Å². The molecule has 0 unspecified atom stereocenters. The number of fused-ring (bicyclic) bond motifs is 1. The van der Waals surface area contributed by atoms with Gasteiger partial charge >= 0.3 is 0 Å². The van der Waals surface area contributed by atoms with E-state index in [1.807, 2.05) is 24.3 Å². The Morgan fingerprint density at radius 2 is 1.45 bits per heavy atom. The van der Waals surface area contributed by atoms with Crippen LogP contribution in [-0.4, -0.2) is 7.11 Å². The van der Waals surface area contributed by atoms with Gasteiger partial charge in [0.1, 0.15) is 5.75 Å². The van der Waals surface area contributed by atoms with Gasteiger partial charge in [0.25, 0.3) is 0 Å². The molecule has 1 heteroatoms. The van der Waals surface area contributed by atoms with Crippen LogP contribution in [0.4, 0.5) is 0 Å². The molecular weight excluding hydrogens is 244 g/mol. The number of rotatable bonds is 2. The van der Waals surface area contributed by atoms with Gasteiger partial charge in [-0.1, -0.05) is 36.3 Å². The van der Waals surface area contributed by atoms with Gasteiger partial charge in [0.05, 0.1) is 7.11 Å². The third-order valence-electron chi connectivity index (χ3n) is 3.43. The van der Waals surface area contributed by atoms with E-state index in [4.69, 9.17) is 11.2 Å². The monoisotopic (exact) mass is 258 g/mol. The number of benzene rings is 3. The Hall–Kier alpha value is -2.72. The van der Waals surface area contributed by atoms with Crippen molar-refractivity contribution in [3.05, 3.63) is 66.2 Å². The maximum absolute atomic E-state index is 5.38. The molecule has 0 bridgehead atoms. The van der Waals surface area contributed by atoms with Crippen molar-refractivity contribution in [2.45, 2.75) is 0 Å². The lowest BCUT2D eigenvalue weighted by Crippen LogP contribution is -1.83. The molecule has 0 aliphatic heterocycles. The molecule has 20 heavy (non-hydrogen) atoms. The molecule has 0 radical (unpaired) electrons. The predicted octanol–water partition coefficient (Wildman–Crippen LogP) is 4.50. The van der Waals surface area contributed by atoms with Gasteiger partial charge in [-0.2, -0.15) is 0 Å². The molecule has 0 aliphatic carbocycles. The molecule has 3 rings (SSSR count). The van der Waals surface area contributed by atoms with E-state index in [1.165, 1.54) is 21.9 Å². The van der Waals surface area contributed by atoms with E-state index in [1.54, 1.807) is 7.11 Å². The van der Waals surface area contributed by atoms with Crippen LogP contribution in [0.2, 0.25) is 0 Å². The number of ether oxygens (including phenoxy) is 1. The summed E-state index contributed by atoms with van der Waals surface area (Å²) in [4.78, 5) is 0. The van der Waals surface area contributed by atoms with Crippen molar-refractivity contribution in [1.82, 2.24) is 0 Å². The predicted molar refractivity (Wildman–Crippen MR) is 83.9 cm³/mol. The summed E-state index contributed by atoms with van der Waals surface area (Å²) in [6.07, 6.45) is 5.38. The zero-order chi connectivity index (χ0) is 13.9. The van der Waals surface area contributed by atoms with Gasteiger partial charge in [-0.05, 0) is 52.2 Å². The highest BCUT2D eigenvalue weighted by Crippen LogP contribution is 2.27. The topological polar surface area (TPSA) is 9.23 Å². The number of hydrogen-bond acceptors (Lipinski definition) is 1. The Morgan fingerprint density at radius 1 is 0.800 bits per heavy atom. The maximum Gasteiger partial charge on any atom is 0.119 e. The Morgan fingerprint density at radius 3 is 2.15 bits per heavy atom. The molecule has 1 nitrogen and oxygen atoms in total. The first kappa shape index (κ1) is 12.3. The van der Waals surface area contributed by atoms with Crippen molar-refractivity contribution >= 4 is 10.8 Å². The first-order valence-electron chi connectivity index (χ1n) is 6.45. The summed E-state index contributed by atoms with van der Waals surface area (Å²) in [7, 11) is 1.68. The fraction of sp³-hybridized carbons (Fsp3) is 0.0526. The molecule has 0 saturated carbocycles. The third-order valence-corrected chi connectivity index (χ3v) is 3.43. The molecule has 0 spiro atoms. The summed E-state index contributed by atoms with van der Waals surface area (Å²) >= 11 is 0. The molecule has 0 aromatic heterocycles. The standard InChI is InChI=1S/C19H14O/c1-3-14-4-6-15(7-5-14)16-8-9-18-13-19(20-2)11-10-17(18)12-16/h1,4-13H,2H3. The van der Waals surface area contributed by atoms with Crippen LogP contribution in [0.3, 0.4) is 0 Å². The van der Waals surface area contributed by atoms with E-state index in [0.717, 1.165) is 11.3 Å². The summed E-state index contributed by atoms with van der Waals surface area (Å²) in [5.74, 6) is 3.51. The van der Waals surface area contributed by atoms with Gasteiger partial charge in [-0.3, -0.25) is 0 Å². The van der Waals surface area contributed by atoms with E-state index in [2.05, 4.69) is 42.3 Å². The normalized spacial score (nSPS) is 10.2. The van der Waals surface area contributed by atoms with Gasteiger partial charge in [-0.25, -0.2) is 0 Å². The largest absolute Gasteiger partial charge is 0.497 e.